The smallest absolute Gasteiger partial charge is 0.241 e. The topological polar surface area (TPSA) is 41.1 Å². The third-order valence-electron chi connectivity index (χ3n) is 2.31. The predicted octanol–water partition coefficient (Wildman–Crippen LogP) is 2.85. The van der Waals surface area contributed by atoms with Gasteiger partial charge in [0.05, 0.1) is 4.75 Å². The van der Waals surface area contributed by atoms with Crippen molar-refractivity contribution in [3.8, 4) is 0 Å². The Kier molecular flexibility index (Phi) is 5.11. The molecule has 0 aliphatic carbocycles. The van der Waals surface area contributed by atoms with Crippen LogP contribution in [0.15, 0.2) is 30.3 Å². The van der Waals surface area contributed by atoms with Crippen LogP contribution >= 0.6 is 0 Å². The second kappa shape index (κ2) is 6.02. The first-order valence-electron chi connectivity index (χ1n) is 5.67. The van der Waals surface area contributed by atoms with E-state index in [0.717, 1.165) is 0 Å². The highest BCUT2D eigenvalue weighted by Crippen LogP contribution is 2.32. The van der Waals surface area contributed by atoms with Crippen LogP contribution in [0.4, 0.5) is 13.2 Å². The number of nitrogens with one attached hydrogen (secondary N) is 2. The Morgan fingerprint density at radius 1 is 1.11 bits per heavy atom. The van der Waals surface area contributed by atoms with Crippen LogP contribution in [0, 0.1) is 0 Å². The van der Waals surface area contributed by atoms with Crippen LogP contribution in [0.25, 0.3) is 0 Å². The molecule has 1 rings (SSSR count). The van der Waals surface area contributed by atoms with E-state index in [1.54, 1.807) is 26.8 Å². The minimum Gasteiger partial charge on any atom is -0.241 e. The van der Waals surface area contributed by atoms with Crippen molar-refractivity contribution >= 4 is 11.0 Å². The number of hydrogen-bond acceptors (Lipinski definition) is 2. The molecule has 0 heterocycles. The van der Waals surface area contributed by atoms with E-state index in [9.17, 15) is 17.4 Å². The van der Waals surface area contributed by atoms with Gasteiger partial charge in [-0.3, -0.25) is 0 Å². The highest BCUT2D eigenvalue weighted by Gasteiger charge is 2.41. The molecule has 1 aromatic rings. The molecule has 0 amide bonds. The van der Waals surface area contributed by atoms with Crippen molar-refractivity contribution in [2.24, 2.45) is 0 Å². The summed E-state index contributed by atoms with van der Waals surface area (Å²) in [7, 11) is -1.63. The van der Waals surface area contributed by atoms with Gasteiger partial charge in [0, 0.05) is 0 Å². The van der Waals surface area contributed by atoms with Gasteiger partial charge < -0.3 is 0 Å². The first-order chi connectivity index (χ1) is 8.62. The molecule has 0 aliphatic rings. The van der Waals surface area contributed by atoms with Gasteiger partial charge in [-0.25, -0.2) is 9.63 Å². The second-order valence-corrected chi connectivity index (χ2v) is 6.98. The minimum absolute atomic E-state index is 0.0633. The highest BCUT2D eigenvalue weighted by atomic mass is 32.2. The Hall–Kier alpha value is -0.920. The molecule has 2 atom stereocenters. The summed E-state index contributed by atoms with van der Waals surface area (Å²) < 4.78 is 49.9. The first-order valence-corrected chi connectivity index (χ1v) is 6.82. The molecule has 19 heavy (non-hydrogen) atoms. The van der Waals surface area contributed by atoms with E-state index in [4.69, 9.17) is 0 Å². The number of rotatable bonds is 4. The average molecular weight is 294 g/mol. The van der Waals surface area contributed by atoms with Gasteiger partial charge in [0.25, 0.3) is 0 Å². The number of benzene rings is 1. The zero-order chi connectivity index (χ0) is 14.7. The molecule has 1 unspecified atom stereocenters. The van der Waals surface area contributed by atoms with Gasteiger partial charge in [-0.15, -0.1) is 0 Å². The Bertz CT molecular complexity index is 429. The van der Waals surface area contributed by atoms with Crippen LogP contribution in [0.3, 0.4) is 0 Å². The van der Waals surface area contributed by atoms with Crippen LogP contribution < -0.4 is 10.3 Å². The highest BCUT2D eigenvalue weighted by molar-refractivity contribution is 7.84. The zero-order valence-corrected chi connectivity index (χ0v) is 11.7. The molecule has 7 heteroatoms. The second-order valence-electron chi connectivity index (χ2n) is 5.01. The molecular formula is C12H17F3N2OS. The van der Waals surface area contributed by atoms with Gasteiger partial charge in [0.15, 0.2) is 0 Å². The lowest BCUT2D eigenvalue weighted by atomic mass is 10.1. The summed E-state index contributed by atoms with van der Waals surface area (Å²) in [6.07, 6.45) is -4.48. The van der Waals surface area contributed by atoms with E-state index in [-0.39, 0.29) is 5.56 Å². The molecule has 0 aliphatic heterocycles. The minimum atomic E-state index is -4.48. The fourth-order valence-corrected chi connectivity index (χ4v) is 1.80. The maximum atomic E-state index is 13.0. The van der Waals surface area contributed by atoms with E-state index >= 15 is 0 Å². The number of hydrogen-bond donors (Lipinski definition) is 2. The fraction of sp³-hybridized carbons (Fsp3) is 0.500. The summed E-state index contributed by atoms with van der Waals surface area (Å²) in [6, 6.07) is 5.52. The van der Waals surface area contributed by atoms with Crippen molar-refractivity contribution in [3.63, 3.8) is 0 Å². The Morgan fingerprint density at radius 3 is 2.05 bits per heavy atom. The summed E-state index contributed by atoms with van der Waals surface area (Å²) >= 11 is 0. The number of alkyl halides is 3. The maximum absolute atomic E-state index is 13.0. The van der Waals surface area contributed by atoms with Crippen molar-refractivity contribution in [1.82, 2.24) is 10.3 Å². The summed E-state index contributed by atoms with van der Waals surface area (Å²) in [5, 5.41) is 0. The molecule has 0 aromatic heterocycles. The van der Waals surface area contributed by atoms with Gasteiger partial charge >= 0.3 is 6.18 Å². The van der Waals surface area contributed by atoms with Crippen molar-refractivity contribution in [2.45, 2.75) is 37.7 Å². The van der Waals surface area contributed by atoms with Crippen LogP contribution in [0.2, 0.25) is 0 Å². The molecule has 1 aromatic carbocycles. The van der Waals surface area contributed by atoms with Crippen molar-refractivity contribution in [2.75, 3.05) is 0 Å². The van der Waals surface area contributed by atoms with E-state index < -0.39 is 28.0 Å². The van der Waals surface area contributed by atoms with Gasteiger partial charge in [0.1, 0.15) is 17.0 Å². The molecule has 0 saturated heterocycles. The van der Waals surface area contributed by atoms with Crippen molar-refractivity contribution < 1.29 is 17.4 Å². The Labute approximate surface area is 113 Å². The van der Waals surface area contributed by atoms with Crippen LogP contribution in [0.1, 0.15) is 32.4 Å². The van der Waals surface area contributed by atoms with Gasteiger partial charge in [-0.2, -0.15) is 18.0 Å². The van der Waals surface area contributed by atoms with Crippen molar-refractivity contribution in [1.29, 1.82) is 0 Å². The number of halogens is 3. The zero-order valence-electron chi connectivity index (χ0n) is 10.9. The van der Waals surface area contributed by atoms with Crippen LogP contribution in [-0.2, 0) is 11.0 Å². The summed E-state index contributed by atoms with van der Waals surface area (Å²) in [6.45, 7) is 5.01. The van der Waals surface area contributed by atoms with Gasteiger partial charge in [-0.05, 0) is 26.3 Å². The summed E-state index contributed by atoms with van der Waals surface area (Å²) in [5.74, 6) is 0. The van der Waals surface area contributed by atoms with E-state index in [1.165, 1.54) is 24.3 Å². The van der Waals surface area contributed by atoms with Gasteiger partial charge in [-0.1, -0.05) is 30.3 Å². The average Bonchev–Trinajstić information content (AvgIpc) is 2.27. The third kappa shape index (κ3) is 4.93. The molecule has 2 N–H and O–H groups in total. The van der Waals surface area contributed by atoms with E-state index in [1.807, 2.05) is 0 Å². The van der Waals surface area contributed by atoms with E-state index in [0.29, 0.717) is 0 Å². The standard InChI is InChI=1S/C12H17F3N2OS/c1-11(2,3)19(18)17-16-10(12(13,14)15)9-7-5-4-6-8-9/h4-8,10,16-17H,1-3H3/t10-,19?/m1/s1. The third-order valence-corrected chi connectivity index (χ3v) is 3.73. The molecule has 3 nitrogen and oxygen atoms in total. The normalized spacial score (nSPS) is 16.1. The summed E-state index contributed by atoms with van der Waals surface area (Å²) in [5.41, 5.74) is 2.17. The quantitative estimate of drug-likeness (QED) is 0.838. The Morgan fingerprint density at radius 2 is 1.63 bits per heavy atom. The van der Waals surface area contributed by atoms with E-state index in [2.05, 4.69) is 10.3 Å². The van der Waals surface area contributed by atoms with Crippen LogP contribution in [-0.4, -0.2) is 15.1 Å². The first kappa shape index (κ1) is 16.1. The molecule has 0 radical (unpaired) electrons. The molecule has 0 spiro atoms. The van der Waals surface area contributed by atoms with Crippen LogP contribution in [0.5, 0.6) is 0 Å². The Balaban J connectivity index is 2.82. The lowest BCUT2D eigenvalue weighted by Gasteiger charge is -2.25. The lowest BCUT2D eigenvalue weighted by molar-refractivity contribution is -0.158. The summed E-state index contributed by atoms with van der Waals surface area (Å²) in [4.78, 5) is 2.23. The molecular weight excluding hydrogens is 277 g/mol. The SMILES string of the molecule is CC(C)(C)S(=O)NN[C@H](c1ccccc1)C(F)(F)F. The predicted molar refractivity (Wildman–Crippen MR) is 69.4 cm³/mol. The molecule has 108 valence electrons. The lowest BCUT2D eigenvalue weighted by Crippen LogP contribution is -2.47. The number of hydrazine groups is 1. The molecule has 0 fully saturated rings. The van der Waals surface area contributed by atoms with Gasteiger partial charge in [0.2, 0.25) is 0 Å². The largest absolute Gasteiger partial charge is 0.409 e. The van der Waals surface area contributed by atoms with Crippen molar-refractivity contribution in [3.05, 3.63) is 35.9 Å². The monoisotopic (exact) mass is 294 g/mol. The maximum Gasteiger partial charge on any atom is 0.409 e. The fourth-order valence-electron chi connectivity index (χ4n) is 1.27. The molecule has 0 saturated carbocycles. The molecule has 0 bridgehead atoms.